The Labute approximate surface area is 160 Å². The number of rotatable bonds is 6. The van der Waals surface area contributed by atoms with Gasteiger partial charge in [0.1, 0.15) is 24.4 Å². The summed E-state index contributed by atoms with van der Waals surface area (Å²) in [6, 6.07) is 19.3. The highest BCUT2D eigenvalue weighted by atomic mass is 32.3. The Bertz CT molecular complexity index is 745. The summed E-state index contributed by atoms with van der Waals surface area (Å²) in [5, 5.41) is 0. The fourth-order valence-electron chi connectivity index (χ4n) is 3.03. The van der Waals surface area contributed by atoms with Gasteiger partial charge in [-0.1, -0.05) is 60.7 Å². The minimum Gasteiger partial charge on any atom is -0.368 e. The van der Waals surface area contributed by atoms with E-state index in [0.29, 0.717) is 13.2 Å². The Kier molecular flexibility index (Phi) is 6.62. The van der Waals surface area contributed by atoms with Crippen molar-refractivity contribution in [2.24, 2.45) is 0 Å². The molecular formula is C20H24O6S. The van der Waals surface area contributed by atoms with Crippen molar-refractivity contribution < 1.29 is 26.3 Å². The number of ether oxygens (including phenoxy) is 2. The molecule has 1 fully saturated rings. The molecule has 1 aliphatic heterocycles. The van der Waals surface area contributed by atoms with Gasteiger partial charge < -0.3 is 9.47 Å². The summed E-state index contributed by atoms with van der Waals surface area (Å²) in [5.74, 6) is 0. The highest BCUT2D eigenvalue weighted by molar-refractivity contribution is 7.81. The van der Waals surface area contributed by atoms with Gasteiger partial charge in [-0.25, -0.2) is 8.37 Å². The third-order valence-electron chi connectivity index (χ3n) is 4.36. The zero-order chi connectivity index (χ0) is 19.3. The average molecular weight is 392 g/mol. The lowest BCUT2D eigenvalue weighted by atomic mass is 10.0. The van der Waals surface area contributed by atoms with Gasteiger partial charge in [0.05, 0.1) is 13.2 Å². The van der Waals surface area contributed by atoms with Gasteiger partial charge in [0.25, 0.3) is 0 Å². The van der Waals surface area contributed by atoms with Crippen molar-refractivity contribution in [3.8, 4) is 0 Å². The van der Waals surface area contributed by atoms with Crippen molar-refractivity contribution >= 4 is 10.4 Å². The van der Waals surface area contributed by atoms with Crippen molar-refractivity contribution in [1.82, 2.24) is 0 Å². The van der Waals surface area contributed by atoms with Crippen LogP contribution in [0.5, 0.6) is 0 Å². The molecular weight excluding hydrogens is 368 g/mol. The monoisotopic (exact) mass is 392 g/mol. The molecule has 146 valence electrons. The lowest BCUT2D eigenvalue weighted by Gasteiger charge is -2.30. The van der Waals surface area contributed by atoms with Crippen molar-refractivity contribution in [2.75, 3.05) is 0 Å². The van der Waals surface area contributed by atoms with Gasteiger partial charge in [-0.05, 0) is 25.0 Å². The van der Waals surface area contributed by atoms with Crippen LogP contribution in [0.1, 0.15) is 25.0 Å². The summed E-state index contributed by atoms with van der Waals surface area (Å²) in [4.78, 5) is 0. The molecule has 2 aromatic carbocycles. The molecule has 6 nitrogen and oxygen atoms in total. The fourth-order valence-corrected chi connectivity index (χ4v) is 4.04. The molecule has 2 aromatic rings. The third kappa shape index (κ3) is 5.60. The topological polar surface area (TPSA) is 71.1 Å². The molecule has 3 rings (SSSR count). The van der Waals surface area contributed by atoms with Gasteiger partial charge in [-0.3, -0.25) is 0 Å². The Morgan fingerprint density at radius 2 is 1.11 bits per heavy atom. The summed E-state index contributed by atoms with van der Waals surface area (Å²) in [6.45, 7) is 3.93. The van der Waals surface area contributed by atoms with Crippen molar-refractivity contribution in [3.63, 3.8) is 0 Å². The smallest absolute Gasteiger partial charge is 0.368 e. The molecule has 0 unspecified atom stereocenters. The molecule has 0 N–H and O–H groups in total. The highest BCUT2D eigenvalue weighted by Crippen LogP contribution is 2.26. The first-order valence-corrected chi connectivity index (χ1v) is 10.2. The predicted molar refractivity (Wildman–Crippen MR) is 100 cm³/mol. The van der Waals surface area contributed by atoms with Gasteiger partial charge in [0.2, 0.25) is 0 Å². The third-order valence-corrected chi connectivity index (χ3v) is 5.44. The van der Waals surface area contributed by atoms with Crippen molar-refractivity contribution in [2.45, 2.75) is 51.5 Å². The van der Waals surface area contributed by atoms with E-state index in [1.165, 1.54) is 0 Å². The van der Waals surface area contributed by atoms with Crippen LogP contribution in [0.3, 0.4) is 0 Å². The molecule has 0 bridgehead atoms. The molecule has 0 aliphatic carbocycles. The van der Waals surface area contributed by atoms with E-state index in [2.05, 4.69) is 0 Å². The highest BCUT2D eigenvalue weighted by Gasteiger charge is 2.42. The van der Waals surface area contributed by atoms with Crippen molar-refractivity contribution in [3.05, 3.63) is 71.8 Å². The Hall–Kier alpha value is -1.77. The van der Waals surface area contributed by atoms with E-state index in [0.717, 1.165) is 11.1 Å². The van der Waals surface area contributed by atoms with E-state index in [4.69, 9.17) is 17.8 Å². The molecule has 0 amide bonds. The molecule has 1 heterocycles. The summed E-state index contributed by atoms with van der Waals surface area (Å²) >= 11 is 0. The lowest BCUT2D eigenvalue weighted by Crippen LogP contribution is -2.44. The largest absolute Gasteiger partial charge is 0.400 e. The van der Waals surface area contributed by atoms with Crippen LogP contribution in [0.25, 0.3) is 0 Å². The zero-order valence-electron chi connectivity index (χ0n) is 15.4. The summed E-state index contributed by atoms with van der Waals surface area (Å²) in [6.07, 6.45) is -2.71. The van der Waals surface area contributed by atoms with Gasteiger partial charge in [0, 0.05) is 0 Å². The fraction of sp³-hybridized carbons (Fsp3) is 0.400. The van der Waals surface area contributed by atoms with Crippen LogP contribution in [0, 0.1) is 0 Å². The molecule has 27 heavy (non-hydrogen) atoms. The van der Waals surface area contributed by atoms with Crippen LogP contribution in [-0.4, -0.2) is 32.8 Å². The Morgan fingerprint density at radius 3 is 1.48 bits per heavy atom. The van der Waals surface area contributed by atoms with Crippen LogP contribution in [0.15, 0.2) is 60.7 Å². The predicted octanol–water partition coefficient (Wildman–Crippen LogP) is 3.23. The maximum atomic E-state index is 12.0. The summed E-state index contributed by atoms with van der Waals surface area (Å²) in [5.41, 5.74) is 1.96. The Morgan fingerprint density at radius 1 is 0.741 bits per heavy atom. The standard InChI is InChI=1S/C20H24O6S/c1-15-19(23-13-17-9-5-3-6-10-17)20(16(2)26-27(21,22)25-15)24-14-18-11-7-4-8-12-18/h3-12,15-16,19-20H,13-14H2,1-2H3/t15-,16-,19-,20-/m1/s1. The van der Waals surface area contributed by atoms with Crippen molar-refractivity contribution in [1.29, 1.82) is 0 Å². The maximum absolute atomic E-state index is 12.0. The van der Waals surface area contributed by atoms with Gasteiger partial charge in [0.15, 0.2) is 0 Å². The van der Waals surface area contributed by atoms with E-state index in [1.54, 1.807) is 13.8 Å². The van der Waals surface area contributed by atoms with E-state index < -0.39 is 34.8 Å². The first-order chi connectivity index (χ1) is 12.9. The molecule has 0 radical (unpaired) electrons. The molecule has 1 saturated heterocycles. The number of hydrogen-bond donors (Lipinski definition) is 0. The van der Waals surface area contributed by atoms with E-state index in [1.807, 2.05) is 60.7 Å². The normalized spacial score (nSPS) is 27.8. The molecule has 0 saturated carbocycles. The van der Waals surface area contributed by atoms with Crippen LogP contribution in [0.4, 0.5) is 0 Å². The van der Waals surface area contributed by atoms with Gasteiger partial charge in [-0.15, -0.1) is 0 Å². The average Bonchev–Trinajstić information content (AvgIpc) is 2.72. The molecule has 0 aromatic heterocycles. The lowest BCUT2D eigenvalue weighted by molar-refractivity contribution is -0.135. The van der Waals surface area contributed by atoms with E-state index in [-0.39, 0.29) is 0 Å². The Balaban J connectivity index is 1.77. The minimum absolute atomic E-state index is 0.317. The van der Waals surface area contributed by atoms with Crippen LogP contribution in [0.2, 0.25) is 0 Å². The second-order valence-electron chi connectivity index (χ2n) is 6.53. The summed E-state index contributed by atoms with van der Waals surface area (Å²) in [7, 11) is -4.11. The second kappa shape index (κ2) is 8.95. The van der Waals surface area contributed by atoms with Crippen LogP contribution in [-0.2, 0) is 41.5 Å². The van der Waals surface area contributed by atoms with Crippen LogP contribution >= 0.6 is 0 Å². The van der Waals surface area contributed by atoms with E-state index in [9.17, 15) is 8.42 Å². The molecule has 4 atom stereocenters. The molecule has 0 spiro atoms. The first kappa shape index (κ1) is 20.0. The van der Waals surface area contributed by atoms with Gasteiger partial charge >= 0.3 is 10.4 Å². The van der Waals surface area contributed by atoms with Crippen LogP contribution < -0.4 is 0 Å². The molecule has 1 aliphatic rings. The number of benzene rings is 2. The summed E-state index contributed by atoms with van der Waals surface area (Å²) < 4.78 is 46.2. The van der Waals surface area contributed by atoms with Gasteiger partial charge in [-0.2, -0.15) is 8.42 Å². The minimum atomic E-state index is -4.11. The maximum Gasteiger partial charge on any atom is 0.400 e. The quantitative estimate of drug-likeness (QED) is 0.752. The molecule has 7 heteroatoms. The van der Waals surface area contributed by atoms with E-state index >= 15 is 0 Å². The SMILES string of the molecule is C[C@H]1OS(=O)(=O)O[C@H](C)[C@@H](OCc2ccccc2)[C@@H]1OCc1ccccc1. The zero-order valence-corrected chi connectivity index (χ0v) is 16.2. The first-order valence-electron chi connectivity index (χ1n) is 8.87. The number of hydrogen-bond acceptors (Lipinski definition) is 6. The second-order valence-corrected chi connectivity index (χ2v) is 7.73.